The second-order valence-electron chi connectivity index (χ2n) is 6.01. The summed E-state index contributed by atoms with van der Waals surface area (Å²) in [5.74, 6) is 0.965. The summed E-state index contributed by atoms with van der Waals surface area (Å²) in [6, 6.07) is 12.3. The third-order valence-electron chi connectivity index (χ3n) is 3.93. The highest BCUT2D eigenvalue weighted by molar-refractivity contribution is 8.04. The molecule has 5 heteroatoms. The first kappa shape index (κ1) is 16.6. The number of rotatable bonds is 5. The van der Waals surface area contributed by atoms with E-state index in [2.05, 4.69) is 33.4 Å². The summed E-state index contributed by atoms with van der Waals surface area (Å²) >= 11 is 1.63. The van der Waals surface area contributed by atoms with E-state index in [-0.39, 0.29) is 5.78 Å². The zero-order valence-electron chi connectivity index (χ0n) is 14.1. The molecule has 124 valence electrons. The SMILES string of the molecule is CC(=O)C1=CCC(c2ccc(Nc3cccc(N(C)C)c3)nc2)S1. The van der Waals surface area contributed by atoms with Gasteiger partial charge >= 0.3 is 0 Å². The quantitative estimate of drug-likeness (QED) is 0.866. The van der Waals surface area contributed by atoms with Gasteiger partial charge in [0.05, 0.1) is 0 Å². The van der Waals surface area contributed by atoms with Gasteiger partial charge in [-0.1, -0.05) is 18.2 Å². The van der Waals surface area contributed by atoms with Gasteiger partial charge in [0.25, 0.3) is 0 Å². The van der Waals surface area contributed by atoms with Crippen LogP contribution in [-0.4, -0.2) is 24.9 Å². The molecule has 1 aromatic carbocycles. The van der Waals surface area contributed by atoms with Gasteiger partial charge in [-0.25, -0.2) is 4.98 Å². The second kappa shape index (κ2) is 7.09. The Hall–Kier alpha value is -2.27. The molecule has 2 aromatic rings. The van der Waals surface area contributed by atoms with Gasteiger partial charge < -0.3 is 10.2 Å². The van der Waals surface area contributed by atoms with Gasteiger partial charge in [-0.2, -0.15) is 0 Å². The number of hydrogen-bond acceptors (Lipinski definition) is 5. The topological polar surface area (TPSA) is 45.2 Å². The molecule has 0 radical (unpaired) electrons. The minimum Gasteiger partial charge on any atom is -0.378 e. The molecule has 0 fully saturated rings. The van der Waals surface area contributed by atoms with Crippen LogP contribution in [0.3, 0.4) is 0 Å². The van der Waals surface area contributed by atoms with Crippen molar-refractivity contribution in [3.8, 4) is 0 Å². The number of anilines is 3. The summed E-state index contributed by atoms with van der Waals surface area (Å²) < 4.78 is 0. The van der Waals surface area contributed by atoms with Gasteiger partial charge in [0, 0.05) is 41.8 Å². The average Bonchev–Trinajstić information content (AvgIpc) is 3.06. The Morgan fingerprint density at radius 1 is 1.29 bits per heavy atom. The Morgan fingerprint density at radius 3 is 2.75 bits per heavy atom. The van der Waals surface area contributed by atoms with Crippen LogP contribution in [-0.2, 0) is 4.79 Å². The number of thioether (sulfide) groups is 1. The van der Waals surface area contributed by atoms with E-state index in [9.17, 15) is 4.79 Å². The third-order valence-corrected chi connectivity index (χ3v) is 5.38. The Bertz CT molecular complexity index is 768. The molecule has 0 amide bonds. The van der Waals surface area contributed by atoms with E-state index >= 15 is 0 Å². The fraction of sp³-hybridized carbons (Fsp3) is 0.263. The van der Waals surface area contributed by atoms with Crippen LogP contribution in [0.2, 0.25) is 0 Å². The Labute approximate surface area is 147 Å². The lowest BCUT2D eigenvalue weighted by atomic mass is 10.1. The summed E-state index contributed by atoms with van der Waals surface area (Å²) in [7, 11) is 4.05. The number of hydrogen-bond donors (Lipinski definition) is 1. The number of nitrogens with one attached hydrogen (secondary N) is 1. The van der Waals surface area contributed by atoms with Crippen LogP contribution in [0.25, 0.3) is 0 Å². The molecule has 0 spiro atoms. The van der Waals surface area contributed by atoms with E-state index in [0.29, 0.717) is 5.25 Å². The molecule has 1 N–H and O–H groups in total. The number of benzene rings is 1. The number of carbonyl (C=O) groups excluding carboxylic acids is 1. The number of Topliss-reactive ketones (excluding diaryl/α,β-unsaturated/α-hetero) is 1. The third kappa shape index (κ3) is 3.79. The fourth-order valence-electron chi connectivity index (χ4n) is 2.57. The maximum atomic E-state index is 11.4. The van der Waals surface area contributed by atoms with Crippen molar-refractivity contribution in [1.29, 1.82) is 0 Å². The van der Waals surface area contributed by atoms with Crippen molar-refractivity contribution in [3.63, 3.8) is 0 Å². The lowest BCUT2D eigenvalue weighted by molar-refractivity contribution is -0.112. The fourth-order valence-corrected chi connectivity index (χ4v) is 3.71. The largest absolute Gasteiger partial charge is 0.378 e. The predicted molar refractivity (Wildman–Crippen MR) is 102 cm³/mol. The zero-order chi connectivity index (χ0) is 17.1. The zero-order valence-corrected chi connectivity index (χ0v) is 14.9. The first-order chi connectivity index (χ1) is 11.5. The lowest BCUT2D eigenvalue weighted by Crippen LogP contribution is -2.08. The molecule has 24 heavy (non-hydrogen) atoms. The van der Waals surface area contributed by atoms with Crippen LogP contribution in [0, 0.1) is 0 Å². The van der Waals surface area contributed by atoms with Crippen molar-refractivity contribution in [2.24, 2.45) is 0 Å². The molecule has 1 unspecified atom stereocenters. The van der Waals surface area contributed by atoms with E-state index in [0.717, 1.165) is 34.1 Å². The number of carbonyl (C=O) groups is 1. The predicted octanol–water partition coefficient (Wildman–Crippen LogP) is 4.54. The van der Waals surface area contributed by atoms with Gasteiger partial charge in [-0.15, -0.1) is 11.8 Å². The Morgan fingerprint density at radius 2 is 2.12 bits per heavy atom. The van der Waals surface area contributed by atoms with Crippen molar-refractivity contribution < 1.29 is 4.79 Å². The molecular formula is C19H21N3OS. The monoisotopic (exact) mass is 339 g/mol. The molecule has 0 saturated carbocycles. The van der Waals surface area contributed by atoms with E-state index < -0.39 is 0 Å². The molecule has 1 aliphatic rings. The van der Waals surface area contributed by atoms with Crippen molar-refractivity contribution in [1.82, 2.24) is 4.98 Å². The molecule has 0 saturated heterocycles. The first-order valence-corrected chi connectivity index (χ1v) is 8.79. The van der Waals surface area contributed by atoms with Crippen LogP contribution in [0.15, 0.2) is 53.6 Å². The minimum absolute atomic E-state index is 0.148. The highest BCUT2D eigenvalue weighted by Gasteiger charge is 2.22. The molecule has 1 atom stereocenters. The van der Waals surface area contributed by atoms with E-state index in [1.807, 2.05) is 44.6 Å². The van der Waals surface area contributed by atoms with Crippen molar-refractivity contribution >= 4 is 34.7 Å². The van der Waals surface area contributed by atoms with Gasteiger partial charge in [0.1, 0.15) is 5.82 Å². The molecule has 3 rings (SSSR count). The molecular weight excluding hydrogens is 318 g/mol. The van der Waals surface area contributed by atoms with Crippen molar-refractivity contribution in [2.75, 3.05) is 24.3 Å². The Balaban J connectivity index is 1.67. The number of pyridine rings is 1. The van der Waals surface area contributed by atoms with Crippen molar-refractivity contribution in [3.05, 3.63) is 59.1 Å². The summed E-state index contributed by atoms with van der Waals surface area (Å²) in [4.78, 5) is 18.9. The van der Waals surface area contributed by atoms with Crippen molar-refractivity contribution in [2.45, 2.75) is 18.6 Å². The van der Waals surface area contributed by atoms with Gasteiger partial charge in [0.2, 0.25) is 0 Å². The van der Waals surface area contributed by atoms with Gasteiger partial charge in [0.15, 0.2) is 5.78 Å². The molecule has 0 aliphatic carbocycles. The Kier molecular flexibility index (Phi) is 4.90. The summed E-state index contributed by atoms with van der Waals surface area (Å²) in [5, 5.41) is 3.63. The second-order valence-corrected chi connectivity index (χ2v) is 7.26. The van der Waals surface area contributed by atoms with Crippen LogP contribution >= 0.6 is 11.8 Å². The van der Waals surface area contributed by atoms with Gasteiger partial charge in [-0.05, 0) is 43.2 Å². The summed E-state index contributed by atoms with van der Waals surface area (Å²) in [5.41, 5.74) is 3.30. The van der Waals surface area contributed by atoms with Crippen LogP contribution < -0.4 is 10.2 Å². The highest BCUT2D eigenvalue weighted by atomic mass is 32.2. The average molecular weight is 339 g/mol. The van der Waals surface area contributed by atoms with E-state index in [1.165, 1.54) is 0 Å². The molecule has 1 aliphatic heterocycles. The molecule has 1 aromatic heterocycles. The van der Waals surface area contributed by atoms with Crippen LogP contribution in [0.5, 0.6) is 0 Å². The maximum Gasteiger partial charge on any atom is 0.165 e. The van der Waals surface area contributed by atoms with Crippen LogP contribution in [0.4, 0.5) is 17.2 Å². The normalized spacial score (nSPS) is 16.6. The standard InChI is InChI=1S/C19H21N3OS/c1-13(23)17-8-9-18(24-17)14-7-10-19(20-12-14)21-15-5-4-6-16(11-15)22(2)3/h4-8,10-12,18H,9H2,1-3H3,(H,20,21). The van der Waals surface area contributed by atoms with E-state index in [1.54, 1.807) is 18.7 Å². The summed E-state index contributed by atoms with van der Waals surface area (Å²) in [6.45, 7) is 1.62. The smallest absolute Gasteiger partial charge is 0.165 e. The lowest BCUT2D eigenvalue weighted by Gasteiger charge is -2.14. The number of nitrogens with zero attached hydrogens (tertiary/aromatic N) is 2. The molecule has 2 heterocycles. The highest BCUT2D eigenvalue weighted by Crippen LogP contribution is 2.43. The number of allylic oxidation sites excluding steroid dienone is 2. The molecule has 0 bridgehead atoms. The van der Waals surface area contributed by atoms with Gasteiger partial charge in [-0.3, -0.25) is 4.79 Å². The minimum atomic E-state index is 0.148. The van der Waals surface area contributed by atoms with Crippen LogP contribution in [0.1, 0.15) is 24.2 Å². The first-order valence-electron chi connectivity index (χ1n) is 7.91. The molecule has 4 nitrogen and oxygen atoms in total. The number of aromatic nitrogens is 1. The number of ketones is 1. The van der Waals surface area contributed by atoms with E-state index in [4.69, 9.17) is 0 Å². The maximum absolute atomic E-state index is 11.4. The summed E-state index contributed by atoms with van der Waals surface area (Å²) in [6.07, 6.45) is 4.81.